The third-order valence-electron chi connectivity index (χ3n) is 6.67. The van der Waals surface area contributed by atoms with Gasteiger partial charge >= 0.3 is 0 Å². The topological polar surface area (TPSA) is 91.4 Å². The summed E-state index contributed by atoms with van der Waals surface area (Å²) >= 11 is 14.0. The Morgan fingerprint density at radius 1 is 1.17 bits per heavy atom. The minimum atomic E-state index is -0.815. The van der Waals surface area contributed by atoms with E-state index in [1.165, 1.54) is 6.20 Å². The molecule has 0 unspecified atom stereocenters. The molecule has 4 heterocycles. The first kappa shape index (κ1) is 25.1. The number of ether oxygens (including phenoxy) is 1. The highest BCUT2D eigenvalue weighted by Crippen LogP contribution is 2.43. The minimum Gasteiger partial charge on any atom is -0.486 e. The summed E-state index contributed by atoms with van der Waals surface area (Å²) < 4.78 is 22.2. The molecule has 0 amide bonds. The van der Waals surface area contributed by atoms with Crippen molar-refractivity contribution < 1.29 is 9.13 Å². The van der Waals surface area contributed by atoms with Crippen LogP contribution in [-0.2, 0) is 0 Å². The lowest BCUT2D eigenvalue weighted by molar-refractivity contribution is 0.0474. The number of benzene rings is 1. The standard InChI is InChI=1S/C25H25Cl2FN6OS/c1-14(21-18(26)9-32-24(28)22(21)27)35-16-4-5-19(29)17(7-16)23(30)15-3-6-20(31-8-15)33-10-25(11-33)12-34(13-25)36-2/h3-9,14,30H,10-13,29H2,1-2H3/t14-/m1/s1. The number of nitrogens with two attached hydrogens (primary N) is 1. The average Bonchev–Trinajstić information content (AvgIpc) is 2.81. The molecular weight excluding hydrogens is 522 g/mol. The average molecular weight is 547 g/mol. The van der Waals surface area contributed by atoms with Crippen molar-refractivity contribution in [2.75, 3.05) is 43.1 Å². The van der Waals surface area contributed by atoms with Crippen molar-refractivity contribution in [3.63, 3.8) is 0 Å². The van der Waals surface area contributed by atoms with Gasteiger partial charge < -0.3 is 15.4 Å². The summed E-state index contributed by atoms with van der Waals surface area (Å²) in [5.74, 6) is 0.540. The number of hydrogen-bond acceptors (Lipinski definition) is 8. The van der Waals surface area contributed by atoms with Crippen LogP contribution in [0.4, 0.5) is 15.9 Å². The van der Waals surface area contributed by atoms with E-state index >= 15 is 0 Å². The first-order chi connectivity index (χ1) is 17.2. The summed E-state index contributed by atoms with van der Waals surface area (Å²) in [5.41, 5.74) is 8.70. The van der Waals surface area contributed by atoms with Gasteiger partial charge in [0.05, 0.1) is 10.7 Å². The van der Waals surface area contributed by atoms with Gasteiger partial charge in [-0.15, -0.1) is 0 Å². The van der Waals surface area contributed by atoms with E-state index in [2.05, 4.69) is 25.4 Å². The summed E-state index contributed by atoms with van der Waals surface area (Å²) in [6.07, 6.45) is 4.35. The molecule has 0 aliphatic carbocycles. The fourth-order valence-electron chi connectivity index (χ4n) is 4.75. The highest BCUT2D eigenvalue weighted by atomic mass is 35.5. The molecule has 2 fully saturated rings. The first-order valence-corrected chi connectivity index (χ1v) is 13.3. The molecule has 0 radical (unpaired) electrons. The van der Waals surface area contributed by atoms with E-state index in [1.54, 1.807) is 43.3 Å². The van der Waals surface area contributed by atoms with Gasteiger partial charge in [0.1, 0.15) is 22.7 Å². The second-order valence-corrected chi connectivity index (χ2v) is 10.9. The molecule has 1 spiro atoms. The van der Waals surface area contributed by atoms with Crippen LogP contribution >= 0.6 is 35.1 Å². The molecule has 36 heavy (non-hydrogen) atoms. The second-order valence-electron chi connectivity index (χ2n) is 9.25. The van der Waals surface area contributed by atoms with Gasteiger partial charge in [0, 0.05) is 66.4 Å². The highest BCUT2D eigenvalue weighted by Gasteiger charge is 2.51. The maximum Gasteiger partial charge on any atom is 0.232 e. The predicted molar refractivity (Wildman–Crippen MR) is 144 cm³/mol. The first-order valence-electron chi connectivity index (χ1n) is 11.3. The number of rotatable bonds is 7. The van der Waals surface area contributed by atoms with Gasteiger partial charge in [0.25, 0.3) is 0 Å². The highest BCUT2D eigenvalue weighted by molar-refractivity contribution is 7.96. The van der Waals surface area contributed by atoms with Crippen LogP contribution in [0.25, 0.3) is 0 Å². The van der Waals surface area contributed by atoms with Crippen LogP contribution in [0.3, 0.4) is 0 Å². The second kappa shape index (κ2) is 9.70. The van der Waals surface area contributed by atoms with Crippen molar-refractivity contribution in [1.82, 2.24) is 14.3 Å². The Hall–Kier alpha value is -2.59. The molecular formula is C25H25Cl2FN6OS. The monoisotopic (exact) mass is 546 g/mol. The zero-order valence-corrected chi connectivity index (χ0v) is 22.1. The molecule has 7 nitrogen and oxygen atoms in total. The van der Waals surface area contributed by atoms with Gasteiger partial charge in [-0.1, -0.05) is 35.1 Å². The van der Waals surface area contributed by atoms with E-state index in [0.29, 0.717) is 33.5 Å². The van der Waals surface area contributed by atoms with Gasteiger partial charge in [-0.05, 0) is 43.5 Å². The number of pyridine rings is 2. The maximum atomic E-state index is 13.8. The normalized spacial score (nSPS) is 17.4. The number of halogens is 3. The molecule has 3 N–H and O–H groups in total. The molecule has 11 heteroatoms. The van der Waals surface area contributed by atoms with Crippen LogP contribution in [0.15, 0.2) is 42.7 Å². The predicted octanol–water partition coefficient (Wildman–Crippen LogP) is 5.46. The Morgan fingerprint density at radius 3 is 2.58 bits per heavy atom. The molecule has 2 aromatic heterocycles. The van der Waals surface area contributed by atoms with E-state index in [4.69, 9.17) is 39.1 Å². The van der Waals surface area contributed by atoms with Crippen LogP contribution in [0.2, 0.25) is 10.0 Å². The molecule has 1 aromatic carbocycles. The van der Waals surface area contributed by atoms with Gasteiger partial charge in [-0.25, -0.2) is 14.3 Å². The van der Waals surface area contributed by atoms with Crippen LogP contribution in [-0.4, -0.2) is 52.4 Å². The quantitative estimate of drug-likeness (QED) is 0.176. The fraction of sp³-hybridized carbons (Fsp3) is 0.320. The Balaban J connectivity index is 1.28. The lowest BCUT2D eigenvalue weighted by Gasteiger charge is -2.60. The Labute approximate surface area is 223 Å². The molecule has 3 aromatic rings. The van der Waals surface area contributed by atoms with E-state index in [9.17, 15) is 4.39 Å². The Morgan fingerprint density at radius 2 is 1.92 bits per heavy atom. The van der Waals surface area contributed by atoms with E-state index in [1.807, 2.05) is 12.1 Å². The molecule has 0 bridgehead atoms. The number of nitrogens with one attached hydrogen (secondary N) is 1. The SMILES string of the molecule is CSN1CC2(C1)CN(c1ccc(C(=N)c3cc(O[C@H](C)c4c(Cl)cnc(F)c4Cl)ccc3N)cn1)C2. The van der Waals surface area contributed by atoms with Gasteiger partial charge in [0.2, 0.25) is 5.95 Å². The van der Waals surface area contributed by atoms with Crippen LogP contribution in [0.1, 0.15) is 29.7 Å². The Kier molecular flexibility index (Phi) is 6.76. The van der Waals surface area contributed by atoms with Gasteiger partial charge in [-0.2, -0.15) is 4.39 Å². The number of nitrogen functional groups attached to an aromatic ring is 1. The molecule has 2 aliphatic heterocycles. The molecule has 0 saturated carbocycles. The number of hydrogen-bond donors (Lipinski definition) is 2. The smallest absolute Gasteiger partial charge is 0.232 e. The summed E-state index contributed by atoms with van der Waals surface area (Å²) in [6.45, 7) is 5.97. The van der Waals surface area contributed by atoms with Crippen molar-refractivity contribution in [3.8, 4) is 5.75 Å². The van der Waals surface area contributed by atoms with Crippen molar-refractivity contribution in [3.05, 3.63) is 75.4 Å². The van der Waals surface area contributed by atoms with Crippen molar-refractivity contribution in [2.24, 2.45) is 5.41 Å². The third-order valence-corrected chi connectivity index (χ3v) is 8.11. The van der Waals surface area contributed by atoms with Crippen molar-refractivity contribution >= 4 is 52.4 Å². The summed E-state index contributed by atoms with van der Waals surface area (Å²) in [6, 6.07) is 8.86. The van der Waals surface area contributed by atoms with Gasteiger partial charge in [-0.3, -0.25) is 5.41 Å². The molecule has 188 valence electrons. The lowest BCUT2D eigenvalue weighted by atomic mass is 9.74. The molecule has 2 aliphatic rings. The number of aromatic nitrogens is 2. The molecule has 5 rings (SSSR count). The zero-order valence-electron chi connectivity index (χ0n) is 19.8. The van der Waals surface area contributed by atoms with E-state index < -0.39 is 12.1 Å². The molecule has 2 saturated heterocycles. The Bertz CT molecular complexity index is 1310. The van der Waals surface area contributed by atoms with Gasteiger partial charge in [0.15, 0.2) is 0 Å². The van der Waals surface area contributed by atoms with Crippen LogP contribution in [0.5, 0.6) is 5.75 Å². The maximum absolute atomic E-state index is 13.8. The van der Waals surface area contributed by atoms with Crippen LogP contribution < -0.4 is 15.4 Å². The lowest BCUT2D eigenvalue weighted by Crippen LogP contribution is -2.70. The zero-order chi connectivity index (χ0) is 25.6. The largest absolute Gasteiger partial charge is 0.486 e. The summed E-state index contributed by atoms with van der Waals surface area (Å²) in [7, 11) is 0. The molecule has 1 atom stereocenters. The minimum absolute atomic E-state index is 0.184. The number of nitrogens with zero attached hydrogens (tertiary/aromatic N) is 4. The summed E-state index contributed by atoms with van der Waals surface area (Å²) in [5, 5.41) is 8.76. The van der Waals surface area contributed by atoms with E-state index in [-0.39, 0.29) is 15.8 Å². The fourth-order valence-corrected chi connectivity index (χ4v) is 6.20. The third kappa shape index (κ3) is 4.61. The van der Waals surface area contributed by atoms with E-state index in [0.717, 1.165) is 32.0 Å². The van der Waals surface area contributed by atoms with Crippen molar-refractivity contribution in [2.45, 2.75) is 13.0 Å². The number of anilines is 2. The summed E-state index contributed by atoms with van der Waals surface area (Å²) in [4.78, 5) is 10.4. The van der Waals surface area contributed by atoms with Crippen molar-refractivity contribution in [1.29, 1.82) is 5.41 Å². The van der Waals surface area contributed by atoms with Crippen LogP contribution in [0, 0.1) is 16.8 Å².